The SMILES string of the molecule is CCC(/C=C/C(C)C1CCC2C3CC=C4CC(O)CC[C@@]4(C)C3CC[C@@]12C)C(C)C. The summed E-state index contributed by atoms with van der Waals surface area (Å²) < 4.78 is 0. The molecule has 30 heavy (non-hydrogen) atoms. The van der Waals surface area contributed by atoms with E-state index in [2.05, 4.69) is 59.8 Å². The first kappa shape index (κ1) is 22.6. The van der Waals surface area contributed by atoms with E-state index in [1.165, 1.54) is 44.9 Å². The molecule has 3 saturated carbocycles. The van der Waals surface area contributed by atoms with Crippen molar-refractivity contribution < 1.29 is 5.11 Å². The van der Waals surface area contributed by atoms with Crippen molar-refractivity contribution in [3.8, 4) is 0 Å². The van der Waals surface area contributed by atoms with Crippen molar-refractivity contribution in [1.29, 1.82) is 0 Å². The molecule has 4 rings (SSSR count). The molecule has 4 aliphatic carbocycles. The van der Waals surface area contributed by atoms with Crippen molar-refractivity contribution in [1.82, 2.24) is 0 Å². The monoisotopic (exact) mass is 412 g/mol. The van der Waals surface area contributed by atoms with E-state index in [0.29, 0.717) is 16.7 Å². The van der Waals surface area contributed by atoms with Gasteiger partial charge in [-0.3, -0.25) is 0 Å². The lowest BCUT2D eigenvalue weighted by Crippen LogP contribution is -2.50. The Morgan fingerprint density at radius 3 is 2.50 bits per heavy atom. The van der Waals surface area contributed by atoms with Gasteiger partial charge in [-0.25, -0.2) is 0 Å². The highest BCUT2D eigenvalue weighted by molar-refractivity contribution is 5.25. The summed E-state index contributed by atoms with van der Waals surface area (Å²) in [4.78, 5) is 0. The van der Waals surface area contributed by atoms with E-state index >= 15 is 0 Å². The topological polar surface area (TPSA) is 20.2 Å². The summed E-state index contributed by atoms with van der Waals surface area (Å²) in [5.74, 6) is 5.70. The van der Waals surface area contributed by atoms with Gasteiger partial charge in [0.05, 0.1) is 6.10 Å². The first-order valence-electron chi connectivity index (χ1n) is 13.3. The summed E-state index contributed by atoms with van der Waals surface area (Å²) in [7, 11) is 0. The number of fused-ring (bicyclic) bond motifs is 5. The lowest BCUT2D eigenvalue weighted by atomic mass is 9.47. The largest absolute Gasteiger partial charge is 0.393 e. The van der Waals surface area contributed by atoms with Gasteiger partial charge in [0.1, 0.15) is 0 Å². The molecule has 0 aromatic heterocycles. The third kappa shape index (κ3) is 3.66. The van der Waals surface area contributed by atoms with Crippen molar-refractivity contribution in [2.75, 3.05) is 0 Å². The van der Waals surface area contributed by atoms with Gasteiger partial charge in [0.25, 0.3) is 0 Å². The highest BCUT2D eigenvalue weighted by atomic mass is 16.3. The molecule has 0 aromatic rings. The minimum Gasteiger partial charge on any atom is -0.393 e. The van der Waals surface area contributed by atoms with Gasteiger partial charge in [-0.2, -0.15) is 0 Å². The molecule has 170 valence electrons. The van der Waals surface area contributed by atoms with Gasteiger partial charge in [-0.1, -0.05) is 65.3 Å². The summed E-state index contributed by atoms with van der Waals surface area (Å²) in [5, 5.41) is 10.2. The van der Waals surface area contributed by atoms with Gasteiger partial charge < -0.3 is 5.11 Å². The van der Waals surface area contributed by atoms with Crippen LogP contribution in [0.25, 0.3) is 0 Å². The van der Waals surface area contributed by atoms with E-state index < -0.39 is 0 Å². The van der Waals surface area contributed by atoms with Crippen molar-refractivity contribution in [2.45, 2.75) is 105 Å². The standard InChI is InChI=1S/C29H48O/c1-7-21(19(2)3)9-8-20(4)25-12-13-26-24-11-10-22-18-23(30)14-16-28(22,5)27(24)15-17-29(25,26)6/h8-10,19-21,23-27,30H,7,11-18H2,1-6H3/b9-8+/t20?,21?,23?,24?,25?,26?,27?,28-,29+/m1/s1. The zero-order valence-electron chi connectivity index (χ0n) is 20.7. The minimum atomic E-state index is -0.0870. The van der Waals surface area contributed by atoms with Crippen LogP contribution in [0.4, 0.5) is 0 Å². The second-order valence-electron chi connectivity index (χ2n) is 12.4. The predicted octanol–water partition coefficient (Wildman–Crippen LogP) is 7.80. The normalized spacial score (nSPS) is 45.6. The molecule has 0 saturated heterocycles. The summed E-state index contributed by atoms with van der Waals surface area (Å²) >= 11 is 0. The zero-order chi connectivity index (χ0) is 21.7. The zero-order valence-corrected chi connectivity index (χ0v) is 20.7. The van der Waals surface area contributed by atoms with Crippen LogP contribution in [0.2, 0.25) is 0 Å². The molecular formula is C29H48O. The van der Waals surface area contributed by atoms with Crippen LogP contribution in [0.1, 0.15) is 99.3 Å². The molecule has 0 radical (unpaired) electrons. The fourth-order valence-electron chi connectivity index (χ4n) is 8.83. The summed E-state index contributed by atoms with van der Waals surface area (Å²) in [6.45, 7) is 14.8. The Morgan fingerprint density at radius 1 is 1.03 bits per heavy atom. The summed E-state index contributed by atoms with van der Waals surface area (Å²) in [6.07, 6.45) is 19.1. The third-order valence-electron chi connectivity index (χ3n) is 10.8. The molecule has 4 aliphatic rings. The minimum absolute atomic E-state index is 0.0870. The molecule has 7 unspecified atom stereocenters. The number of hydrogen-bond acceptors (Lipinski definition) is 1. The molecule has 1 N–H and O–H groups in total. The molecule has 1 nitrogen and oxygen atoms in total. The van der Waals surface area contributed by atoms with E-state index in [4.69, 9.17) is 0 Å². The Kier molecular flexibility index (Phi) is 6.35. The number of allylic oxidation sites excluding steroid dienone is 3. The van der Waals surface area contributed by atoms with Crippen LogP contribution in [0.3, 0.4) is 0 Å². The van der Waals surface area contributed by atoms with Gasteiger partial charge in [0.2, 0.25) is 0 Å². The van der Waals surface area contributed by atoms with Crippen LogP contribution in [0, 0.1) is 52.3 Å². The maximum Gasteiger partial charge on any atom is 0.0577 e. The van der Waals surface area contributed by atoms with Crippen molar-refractivity contribution in [2.24, 2.45) is 52.3 Å². The van der Waals surface area contributed by atoms with Crippen molar-refractivity contribution >= 4 is 0 Å². The molecule has 0 bridgehead atoms. The number of hydrogen-bond donors (Lipinski definition) is 1. The van der Waals surface area contributed by atoms with Crippen LogP contribution < -0.4 is 0 Å². The fraction of sp³-hybridized carbons (Fsp3) is 0.862. The van der Waals surface area contributed by atoms with Gasteiger partial charge in [-0.05, 0) is 110 Å². The highest BCUT2D eigenvalue weighted by Crippen LogP contribution is 2.67. The van der Waals surface area contributed by atoms with E-state index in [0.717, 1.165) is 48.3 Å². The highest BCUT2D eigenvalue weighted by Gasteiger charge is 2.58. The molecule has 0 amide bonds. The maximum absolute atomic E-state index is 10.2. The Labute approximate surface area is 186 Å². The quantitative estimate of drug-likeness (QED) is 0.457. The van der Waals surface area contributed by atoms with Gasteiger partial charge >= 0.3 is 0 Å². The Bertz CT molecular complexity index is 674. The lowest BCUT2D eigenvalue weighted by Gasteiger charge is -2.58. The van der Waals surface area contributed by atoms with Crippen LogP contribution in [0.15, 0.2) is 23.8 Å². The molecule has 0 spiro atoms. The molecule has 0 heterocycles. The second-order valence-corrected chi connectivity index (χ2v) is 12.4. The smallest absolute Gasteiger partial charge is 0.0577 e. The fourth-order valence-corrected chi connectivity index (χ4v) is 8.83. The maximum atomic E-state index is 10.2. The van der Waals surface area contributed by atoms with E-state index in [1.807, 2.05) is 0 Å². The van der Waals surface area contributed by atoms with E-state index in [-0.39, 0.29) is 6.10 Å². The molecule has 1 heteroatoms. The Balaban J connectivity index is 1.52. The first-order valence-corrected chi connectivity index (χ1v) is 13.3. The average Bonchev–Trinajstić information content (AvgIpc) is 3.06. The van der Waals surface area contributed by atoms with E-state index in [9.17, 15) is 5.11 Å². The van der Waals surface area contributed by atoms with Crippen LogP contribution >= 0.6 is 0 Å². The molecule has 0 aromatic carbocycles. The predicted molar refractivity (Wildman–Crippen MR) is 128 cm³/mol. The average molecular weight is 413 g/mol. The molecular weight excluding hydrogens is 364 g/mol. The van der Waals surface area contributed by atoms with Gasteiger partial charge in [0, 0.05) is 0 Å². The summed E-state index contributed by atoms with van der Waals surface area (Å²) in [5.41, 5.74) is 2.51. The van der Waals surface area contributed by atoms with Gasteiger partial charge in [0.15, 0.2) is 0 Å². The molecule has 3 fully saturated rings. The van der Waals surface area contributed by atoms with Crippen LogP contribution in [-0.2, 0) is 0 Å². The first-order chi connectivity index (χ1) is 14.2. The van der Waals surface area contributed by atoms with Crippen molar-refractivity contribution in [3.63, 3.8) is 0 Å². The lowest BCUT2D eigenvalue weighted by molar-refractivity contribution is -0.0540. The summed E-state index contributed by atoms with van der Waals surface area (Å²) in [6, 6.07) is 0. The van der Waals surface area contributed by atoms with Crippen LogP contribution in [-0.4, -0.2) is 11.2 Å². The van der Waals surface area contributed by atoms with Crippen molar-refractivity contribution in [3.05, 3.63) is 23.8 Å². The molecule has 9 atom stereocenters. The third-order valence-corrected chi connectivity index (χ3v) is 10.8. The number of aliphatic hydroxyl groups is 1. The Morgan fingerprint density at radius 2 is 1.80 bits per heavy atom. The second kappa shape index (κ2) is 8.42. The van der Waals surface area contributed by atoms with Gasteiger partial charge in [-0.15, -0.1) is 0 Å². The number of rotatable bonds is 5. The van der Waals surface area contributed by atoms with E-state index in [1.54, 1.807) is 5.57 Å². The number of aliphatic hydroxyl groups excluding tert-OH is 1. The Hall–Kier alpha value is -0.560. The van der Waals surface area contributed by atoms with Crippen LogP contribution in [0.5, 0.6) is 0 Å². The molecule has 0 aliphatic heterocycles.